The third kappa shape index (κ3) is 4.56. The second-order valence-corrected chi connectivity index (χ2v) is 6.80. The van der Waals surface area contributed by atoms with Crippen LogP contribution in [-0.2, 0) is 11.3 Å². The summed E-state index contributed by atoms with van der Waals surface area (Å²) in [7, 11) is 1.53. The van der Waals surface area contributed by atoms with E-state index >= 15 is 0 Å². The standard InChI is InChI=1S/C18H21ClN2O7/c1-26-10-2-3-12(11(19)8-10)27-9-14-17(24)16(23)13(28-14)4-6-21-7-5-15(22)20-18(21)25/h2-3,5,7-8,13-14,16-17,23-24H,4,6,9H2,1H3,(H,20,22,25)/t13-,14-,16-,17+/m1/s1. The van der Waals surface area contributed by atoms with Crippen molar-refractivity contribution in [3.8, 4) is 11.5 Å². The molecule has 1 aliphatic rings. The van der Waals surface area contributed by atoms with E-state index in [-0.39, 0.29) is 19.6 Å². The van der Waals surface area contributed by atoms with Gasteiger partial charge in [0.25, 0.3) is 5.56 Å². The van der Waals surface area contributed by atoms with Gasteiger partial charge in [-0.05, 0) is 18.6 Å². The minimum atomic E-state index is -1.14. The summed E-state index contributed by atoms with van der Waals surface area (Å²) in [6.07, 6.45) is -2.08. The van der Waals surface area contributed by atoms with E-state index in [0.29, 0.717) is 16.5 Å². The molecule has 9 nitrogen and oxygen atoms in total. The monoisotopic (exact) mass is 412 g/mol. The van der Waals surface area contributed by atoms with Crippen molar-refractivity contribution in [1.82, 2.24) is 9.55 Å². The van der Waals surface area contributed by atoms with E-state index in [1.54, 1.807) is 18.2 Å². The SMILES string of the molecule is COc1ccc(OC[C@H]2O[C@H](CCn3ccc(=O)[nH]c3=O)[C@@H](O)[C@H]2O)c(Cl)c1. The van der Waals surface area contributed by atoms with Gasteiger partial charge in [-0.1, -0.05) is 11.6 Å². The lowest BCUT2D eigenvalue weighted by molar-refractivity contribution is -0.0196. The van der Waals surface area contributed by atoms with Gasteiger partial charge in [-0.25, -0.2) is 4.79 Å². The Morgan fingerprint density at radius 3 is 2.64 bits per heavy atom. The summed E-state index contributed by atoms with van der Waals surface area (Å²) in [4.78, 5) is 25.0. The van der Waals surface area contributed by atoms with Crippen LogP contribution in [0.15, 0.2) is 40.1 Å². The summed E-state index contributed by atoms with van der Waals surface area (Å²) in [5, 5.41) is 20.8. The van der Waals surface area contributed by atoms with Gasteiger partial charge in [0, 0.05) is 24.9 Å². The number of methoxy groups -OCH3 is 1. The van der Waals surface area contributed by atoms with Crippen molar-refractivity contribution >= 4 is 11.6 Å². The molecule has 3 rings (SSSR count). The summed E-state index contributed by atoms with van der Waals surface area (Å²) in [6.45, 7) is 0.196. The van der Waals surface area contributed by atoms with Gasteiger partial charge >= 0.3 is 5.69 Å². The Labute approximate surface area is 165 Å². The van der Waals surface area contributed by atoms with E-state index in [9.17, 15) is 19.8 Å². The summed E-state index contributed by atoms with van der Waals surface area (Å²) in [5.41, 5.74) is -1.03. The van der Waals surface area contributed by atoms with Crippen LogP contribution in [0.3, 0.4) is 0 Å². The van der Waals surface area contributed by atoms with E-state index in [2.05, 4.69) is 4.98 Å². The van der Waals surface area contributed by atoms with E-state index in [4.69, 9.17) is 25.8 Å². The number of aromatic amines is 1. The highest BCUT2D eigenvalue weighted by Crippen LogP contribution is 2.30. The first kappa shape index (κ1) is 20.4. The first-order valence-corrected chi connectivity index (χ1v) is 9.04. The highest BCUT2D eigenvalue weighted by Gasteiger charge is 2.42. The lowest BCUT2D eigenvalue weighted by Crippen LogP contribution is -2.35. The molecule has 1 aromatic carbocycles. The van der Waals surface area contributed by atoms with E-state index in [0.717, 1.165) is 0 Å². The average Bonchev–Trinajstić information content (AvgIpc) is 2.94. The van der Waals surface area contributed by atoms with Crippen LogP contribution in [0, 0.1) is 0 Å². The number of nitrogens with one attached hydrogen (secondary N) is 1. The Balaban J connectivity index is 1.57. The quantitative estimate of drug-likeness (QED) is 0.591. The lowest BCUT2D eigenvalue weighted by atomic mass is 10.1. The first-order valence-electron chi connectivity index (χ1n) is 8.66. The largest absolute Gasteiger partial charge is 0.497 e. The van der Waals surface area contributed by atoms with Crippen LogP contribution < -0.4 is 20.7 Å². The number of nitrogens with zero attached hydrogens (tertiary/aromatic N) is 1. The smallest absolute Gasteiger partial charge is 0.328 e. The topological polar surface area (TPSA) is 123 Å². The number of hydrogen-bond donors (Lipinski definition) is 3. The molecule has 0 saturated carbocycles. The molecule has 28 heavy (non-hydrogen) atoms. The number of hydrogen-bond acceptors (Lipinski definition) is 7. The van der Waals surface area contributed by atoms with Crippen LogP contribution in [0.2, 0.25) is 5.02 Å². The number of aliphatic hydroxyl groups is 2. The zero-order valence-electron chi connectivity index (χ0n) is 15.1. The minimum absolute atomic E-state index is 0.0145. The Morgan fingerprint density at radius 1 is 1.21 bits per heavy atom. The van der Waals surface area contributed by atoms with Crippen molar-refractivity contribution in [2.75, 3.05) is 13.7 Å². The molecular formula is C18H21ClN2O7. The average molecular weight is 413 g/mol. The normalized spacial score (nSPS) is 24.3. The van der Waals surface area contributed by atoms with Crippen molar-refractivity contribution in [2.45, 2.75) is 37.4 Å². The van der Waals surface area contributed by atoms with Crippen LogP contribution >= 0.6 is 11.6 Å². The predicted molar refractivity (Wildman–Crippen MR) is 100 cm³/mol. The van der Waals surface area contributed by atoms with Crippen LogP contribution in [-0.4, -0.2) is 57.9 Å². The number of rotatable bonds is 7. The maximum Gasteiger partial charge on any atom is 0.328 e. The van der Waals surface area contributed by atoms with E-state index < -0.39 is 35.7 Å². The van der Waals surface area contributed by atoms with Gasteiger partial charge in [0.05, 0.1) is 18.2 Å². The number of aryl methyl sites for hydroxylation is 1. The molecule has 0 bridgehead atoms. The molecule has 2 heterocycles. The van der Waals surface area contributed by atoms with Crippen LogP contribution in [0.25, 0.3) is 0 Å². The molecule has 0 radical (unpaired) electrons. The van der Waals surface area contributed by atoms with Gasteiger partial charge in [0.15, 0.2) is 0 Å². The molecule has 1 saturated heterocycles. The van der Waals surface area contributed by atoms with Crippen molar-refractivity contribution in [1.29, 1.82) is 0 Å². The number of ether oxygens (including phenoxy) is 3. The van der Waals surface area contributed by atoms with Gasteiger partial charge in [-0.15, -0.1) is 0 Å². The van der Waals surface area contributed by atoms with Crippen molar-refractivity contribution in [3.63, 3.8) is 0 Å². The molecule has 0 spiro atoms. The summed E-state index contributed by atoms with van der Waals surface area (Å²) in [5.74, 6) is 0.985. The molecule has 0 aliphatic carbocycles. The van der Waals surface area contributed by atoms with Gasteiger partial charge in [0.1, 0.15) is 36.4 Å². The molecule has 1 aliphatic heterocycles. The number of aliphatic hydroxyl groups excluding tert-OH is 2. The second kappa shape index (κ2) is 8.78. The summed E-state index contributed by atoms with van der Waals surface area (Å²) >= 11 is 6.12. The van der Waals surface area contributed by atoms with Crippen molar-refractivity contribution in [3.05, 3.63) is 56.3 Å². The maximum absolute atomic E-state index is 11.7. The Hall–Kier alpha value is -2.33. The second-order valence-electron chi connectivity index (χ2n) is 6.39. The van der Waals surface area contributed by atoms with Gasteiger partial charge < -0.3 is 29.0 Å². The van der Waals surface area contributed by atoms with E-state index in [1.807, 2.05) is 0 Å². The predicted octanol–water partition coefficient (Wildman–Crippen LogP) is 0.157. The summed E-state index contributed by atoms with van der Waals surface area (Å²) in [6, 6.07) is 6.16. The first-order chi connectivity index (χ1) is 13.4. The molecule has 1 fully saturated rings. The zero-order valence-corrected chi connectivity index (χ0v) is 15.8. The number of benzene rings is 1. The fourth-order valence-corrected chi connectivity index (χ4v) is 3.21. The lowest BCUT2D eigenvalue weighted by Gasteiger charge is -2.16. The molecule has 2 aromatic rings. The number of halogens is 1. The molecule has 0 unspecified atom stereocenters. The van der Waals surface area contributed by atoms with Crippen molar-refractivity contribution < 1.29 is 24.4 Å². The molecular weight excluding hydrogens is 392 g/mol. The Morgan fingerprint density at radius 2 is 1.96 bits per heavy atom. The Bertz CT molecular complexity index is 929. The van der Waals surface area contributed by atoms with Gasteiger partial charge in [-0.2, -0.15) is 0 Å². The molecule has 0 amide bonds. The molecule has 152 valence electrons. The molecule has 4 atom stereocenters. The van der Waals surface area contributed by atoms with Crippen LogP contribution in [0.1, 0.15) is 6.42 Å². The maximum atomic E-state index is 11.7. The highest BCUT2D eigenvalue weighted by molar-refractivity contribution is 6.32. The molecule has 10 heteroatoms. The third-order valence-corrected chi connectivity index (χ3v) is 4.85. The number of H-pyrrole nitrogens is 1. The van der Waals surface area contributed by atoms with E-state index in [1.165, 1.54) is 23.9 Å². The third-order valence-electron chi connectivity index (χ3n) is 4.55. The van der Waals surface area contributed by atoms with Gasteiger partial charge in [0.2, 0.25) is 0 Å². The van der Waals surface area contributed by atoms with Crippen molar-refractivity contribution in [2.24, 2.45) is 0 Å². The Kier molecular flexibility index (Phi) is 6.40. The molecule has 1 aromatic heterocycles. The minimum Gasteiger partial charge on any atom is -0.497 e. The molecule has 3 N–H and O–H groups in total. The number of aromatic nitrogens is 2. The summed E-state index contributed by atoms with van der Waals surface area (Å²) < 4.78 is 17.7. The fraction of sp³-hybridized carbons (Fsp3) is 0.444. The van der Waals surface area contributed by atoms with Crippen LogP contribution in [0.4, 0.5) is 0 Å². The zero-order chi connectivity index (χ0) is 20.3. The van der Waals surface area contributed by atoms with Crippen LogP contribution in [0.5, 0.6) is 11.5 Å². The van der Waals surface area contributed by atoms with Gasteiger partial charge in [-0.3, -0.25) is 9.78 Å². The fourth-order valence-electron chi connectivity index (χ4n) is 2.99. The highest BCUT2D eigenvalue weighted by atomic mass is 35.5.